The number of carbonyl (C=O) groups is 3. The van der Waals surface area contributed by atoms with Crippen molar-refractivity contribution in [2.45, 2.75) is 38.6 Å². The number of carboxylic acid groups (broad SMARTS) is 1. The maximum atomic E-state index is 12.3. The molecule has 0 aromatic heterocycles. The second-order valence-electron chi connectivity index (χ2n) is 4.99. The Balaban J connectivity index is 2.27. The van der Waals surface area contributed by atoms with Gasteiger partial charge in [-0.1, -0.05) is 31.0 Å². The van der Waals surface area contributed by atoms with E-state index in [0.717, 1.165) is 4.90 Å². The average molecular weight is 286 g/mol. The molecule has 104 valence electrons. The quantitative estimate of drug-likeness (QED) is 0.799. The average Bonchev–Trinajstić information content (AvgIpc) is 2.59. The third-order valence-electron chi connectivity index (χ3n) is 3.76. The largest absolute Gasteiger partial charge is 0.480 e. The van der Waals surface area contributed by atoms with Crippen molar-refractivity contribution < 1.29 is 19.5 Å². The summed E-state index contributed by atoms with van der Waals surface area (Å²) < 4.78 is 0. The van der Waals surface area contributed by atoms with Crippen LogP contribution in [0.25, 0.3) is 0 Å². The summed E-state index contributed by atoms with van der Waals surface area (Å²) in [6.45, 7) is 1.83. The lowest BCUT2D eigenvalue weighted by Gasteiger charge is -2.22. The van der Waals surface area contributed by atoms with E-state index in [1.165, 1.54) is 0 Å². The normalized spacial score (nSPS) is 28.1. The number of amides is 2. The molecule has 2 amide bonds. The molecule has 0 aromatic rings. The first-order valence-corrected chi connectivity index (χ1v) is 6.79. The van der Waals surface area contributed by atoms with E-state index in [9.17, 15) is 19.5 Å². The second-order valence-corrected chi connectivity index (χ2v) is 5.48. The molecule has 0 radical (unpaired) electrons. The molecule has 0 unspecified atom stereocenters. The number of imide groups is 1. The van der Waals surface area contributed by atoms with Gasteiger partial charge in [0.2, 0.25) is 11.8 Å². The Hall–Kier alpha value is -1.36. The fraction of sp³-hybridized carbons (Fsp3) is 0.615. The number of rotatable bonds is 4. The lowest BCUT2D eigenvalue weighted by Crippen LogP contribution is -2.45. The van der Waals surface area contributed by atoms with Crippen molar-refractivity contribution in [2.24, 2.45) is 11.8 Å². The second kappa shape index (κ2) is 5.33. The molecule has 0 saturated carbocycles. The highest BCUT2D eigenvalue weighted by Gasteiger charge is 2.51. The maximum absolute atomic E-state index is 12.3. The molecule has 0 bridgehead atoms. The van der Waals surface area contributed by atoms with Crippen LogP contribution in [0, 0.1) is 11.8 Å². The molecule has 5 nitrogen and oxygen atoms in total. The summed E-state index contributed by atoms with van der Waals surface area (Å²) in [6.07, 6.45) is 3.39. The molecule has 2 aliphatic rings. The number of carboxylic acids is 1. The summed E-state index contributed by atoms with van der Waals surface area (Å²) in [6, 6.07) is -1.05. The number of hydrogen-bond donors (Lipinski definition) is 1. The van der Waals surface area contributed by atoms with E-state index in [4.69, 9.17) is 11.6 Å². The van der Waals surface area contributed by atoms with E-state index in [0.29, 0.717) is 24.3 Å². The van der Waals surface area contributed by atoms with Crippen molar-refractivity contribution in [1.29, 1.82) is 0 Å². The first-order chi connectivity index (χ1) is 8.97. The molecule has 1 heterocycles. The molecule has 1 fully saturated rings. The number of likely N-dealkylation sites (tertiary alicyclic amines) is 1. The zero-order valence-corrected chi connectivity index (χ0v) is 11.4. The van der Waals surface area contributed by atoms with Gasteiger partial charge in [-0.05, 0) is 19.3 Å². The molecule has 0 aromatic carbocycles. The highest BCUT2D eigenvalue weighted by atomic mass is 35.5. The van der Waals surface area contributed by atoms with Crippen LogP contribution in [0.3, 0.4) is 0 Å². The zero-order chi connectivity index (χ0) is 14.2. The number of hydrogen-bond acceptors (Lipinski definition) is 3. The molecule has 2 rings (SSSR count). The maximum Gasteiger partial charge on any atom is 0.326 e. The number of nitrogens with zero attached hydrogens (tertiary/aromatic N) is 1. The van der Waals surface area contributed by atoms with E-state index < -0.39 is 23.8 Å². The van der Waals surface area contributed by atoms with E-state index in [1.54, 1.807) is 6.08 Å². The van der Waals surface area contributed by atoms with Crippen molar-refractivity contribution in [3.8, 4) is 0 Å². The van der Waals surface area contributed by atoms with Crippen LogP contribution < -0.4 is 0 Å². The van der Waals surface area contributed by atoms with Crippen molar-refractivity contribution in [3.63, 3.8) is 0 Å². The van der Waals surface area contributed by atoms with Crippen LogP contribution in [0.5, 0.6) is 0 Å². The molecule has 0 spiro atoms. The third-order valence-corrected chi connectivity index (χ3v) is 4.07. The van der Waals surface area contributed by atoms with Crippen molar-refractivity contribution in [2.75, 3.05) is 0 Å². The fourth-order valence-corrected chi connectivity index (χ4v) is 3.05. The van der Waals surface area contributed by atoms with Crippen LogP contribution in [0.1, 0.15) is 32.6 Å². The third kappa shape index (κ3) is 2.39. The van der Waals surface area contributed by atoms with Crippen molar-refractivity contribution >= 4 is 29.4 Å². The lowest BCUT2D eigenvalue weighted by atomic mass is 9.85. The van der Waals surface area contributed by atoms with Gasteiger partial charge < -0.3 is 5.11 Å². The van der Waals surface area contributed by atoms with Crippen LogP contribution in [0.15, 0.2) is 11.1 Å². The Kier molecular flexibility index (Phi) is 3.94. The van der Waals surface area contributed by atoms with Gasteiger partial charge in [0.25, 0.3) is 0 Å². The van der Waals surface area contributed by atoms with Gasteiger partial charge in [0, 0.05) is 5.03 Å². The minimum atomic E-state index is -1.12. The molecule has 1 aliphatic carbocycles. The smallest absolute Gasteiger partial charge is 0.326 e. The molecule has 3 atom stereocenters. The van der Waals surface area contributed by atoms with Gasteiger partial charge >= 0.3 is 5.97 Å². The van der Waals surface area contributed by atoms with Gasteiger partial charge in [0.15, 0.2) is 0 Å². The number of halogens is 1. The van der Waals surface area contributed by atoms with Crippen LogP contribution in [-0.2, 0) is 14.4 Å². The zero-order valence-electron chi connectivity index (χ0n) is 10.6. The fourth-order valence-electron chi connectivity index (χ4n) is 2.80. The number of aliphatic carboxylic acids is 1. The van der Waals surface area contributed by atoms with Gasteiger partial charge in [-0.2, -0.15) is 0 Å². The Morgan fingerprint density at radius 1 is 1.47 bits per heavy atom. The van der Waals surface area contributed by atoms with E-state index in [-0.39, 0.29) is 18.2 Å². The summed E-state index contributed by atoms with van der Waals surface area (Å²) in [5, 5.41) is 9.78. The summed E-state index contributed by atoms with van der Waals surface area (Å²) in [4.78, 5) is 36.7. The van der Waals surface area contributed by atoms with E-state index in [2.05, 4.69) is 0 Å². The van der Waals surface area contributed by atoms with E-state index in [1.807, 2.05) is 6.92 Å². The monoisotopic (exact) mass is 285 g/mol. The highest BCUT2D eigenvalue weighted by Crippen LogP contribution is 2.40. The lowest BCUT2D eigenvalue weighted by molar-refractivity contribution is -0.155. The Morgan fingerprint density at radius 3 is 2.68 bits per heavy atom. The predicted octanol–water partition coefficient (Wildman–Crippen LogP) is 1.76. The standard InChI is InChI=1S/C13H16ClNO4/c1-2-3-10(13(18)19)15-11(16)8-5-4-7(14)6-9(8)12(15)17/h4,8-10H,2-3,5-6H2,1H3,(H,18,19)/t8-,9-,10+/m0/s1. The minimum absolute atomic E-state index is 0.285. The van der Waals surface area contributed by atoms with Gasteiger partial charge in [-0.25, -0.2) is 4.79 Å². The first-order valence-electron chi connectivity index (χ1n) is 6.41. The molecular weight excluding hydrogens is 270 g/mol. The molecular formula is C13H16ClNO4. The van der Waals surface area contributed by atoms with Crippen LogP contribution in [-0.4, -0.2) is 33.8 Å². The van der Waals surface area contributed by atoms with Crippen LogP contribution in [0.2, 0.25) is 0 Å². The minimum Gasteiger partial charge on any atom is -0.480 e. The van der Waals surface area contributed by atoms with Gasteiger partial charge in [-0.3, -0.25) is 14.5 Å². The van der Waals surface area contributed by atoms with Gasteiger partial charge in [-0.15, -0.1) is 0 Å². The summed E-state index contributed by atoms with van der Waals surface area (Å²) in [7, 11) is 0. The summed E-state index contributed by atoms with van der Waals surface area (Å²) in [5.41, 5.74) is 0. The Labute approximate surface area is 116 Å². The number of fused-ring (bicyclic) bond motifs is 1. The topological polar surface area (TPSA) is 74.7 Å². The SMILES string of the molecule is CCC[C@H](C(=O)O)N1C(=O)[C@H]2CC=C(Cl)C[C@@H]2C1=O. The van der Waals surface area contributed by atoms with E-state index >= 15 is 0 Å². The predicted molar refractivity (Wildman–Crippen MR) is 68.3 cm³/mol. The summed E-state index contributed by atoms with van der Waals surface area (Å²) >= 11 is 5.91. The Morgan fingerprint density at radius 2 is 2.11 bits per heavy atom. The van der Waals surface area contributed by atoms with Crippen LogP contribution >= 0.6 is 11.6 Å². The molecule has 1 aliphatic heterocycles. The molecule has 6 heteroatoms. The van der Waals surface area contributed by atoms with Crippen molar-refractivity contribution in [1.82, 2.24) is 4.90 Å². The number of carbonyl (C=O) groups excluding carboxylic acids is 2. The molecule has 19 heavy (non-hydrogen) atoms. The van der Waals surface area contributed by atoms with Gasteiger partial charge in [0.1, 0.15) is 6.04 Å². The molecule has 1 saturated heterocycles. The van der Waals surface area contributed by atoms with Crippen LogP contribution in [0.4, 0.5) is 0 Å². The highest BCUT2D eigenvalue weighted by molar-refractivity contribution is 6.30. The molecule has 1 N–H and O–H groups in total. The summed E-state index contributed by atoms with van der Waals surface area (Å²) in [5.74, 6) is -2.79. The first kappa shape index (κ1) is 14.1. The Bertz CT molecular complexity index is 460. The van der Waals surface area contributed by atoms with Crippen molar-refractivity contribution in [3.05, 3.63) is 11.1 Å². The van der Waals surface area contributed by atoms with Gasteiger partial charge in [0.05, 0.1) is 11.8 Å². The number of allylic oxidation sites excluding steroid dienone is 2.